The number of benzene rings is 1. The normalized spacial score (nSPS) is 13.0. The van der Waals surface area contributed by atoms with E-state index in [0.29, 0.717) is 11.6 Å². The number of aliphatic hydroxyl groups excluding tert-OH is 1. The van der Waals surface area contributed by atoms with Gasteiger partial charge in [-0.15, -0.1) is 0 Å². The minimum Gasteiger partial charge on any atom is -0.479 e. The van der Waals surface area contributed by atoms with Crippen molar-refractivity contribution in [2.75, 3.05) is 0 Å². The average molecular weight is 297 g/mol. The summed E-state index contributed by atoms with van der Waals surface area (Å²) in [5, 5.41) is 18.0. The Morgan fingerprint density at radius 1 is 1.14 bits per heavy atom. The highest BCUT2D eigenvalue weighted by atomic mass is 19.4. The minimum absolute atomic E-state index is 0.105. The van der Waals surface area contributed by atoms with Crippen LogP contribution in [0.5, 0.6) is 0 Å². The van der Waals surface area contributed by atoms with E-state index in [1.54, 1.807) is 0 Å². The maximum Gasteiger partial charge on any atom is 0.417 e. The van der Waals surface area contributed by atoms with Crippen molar-refractivity contribution in [1.29, 1.82) is 0 Å². The first-order valence-electron chi connectivity index (χ1n) is 5.83. The summed E-state index contributed by atoms with van der Waals surface area (Å²) < 4.78 is 39.4. The largest absolute Gasteiger partial charge is 0.479 e. The van der Waals surface area contributed by atoms with Crippen LogP contribution in [0.2, 0.25) is 0 Å². The van der Waals surface area contributed by atoms with E-state index in [2.05, 4.69) is 4.98 Å². The Morgan fingerprint density at radius 3 is 2.29 bits per heavy atom. The number of carboxylic acid groups (broad SMARTS) is 1. The van der Waals surface area contributed by atoms with Gasteiger partial charge in [0.1, 0.15) is 0 Å². The van der Waals surface area contributed by atoms with E-state index in [1.165, 1.54) is 24.5 Å². The van der Waals surface area contributed by atoms with Gasteiger partial charge in [-0.1, -0.05) is 12.1 Å². The van der Waals surface area contributed by atoms with Crippen molar-refractivity contribution in [3.05, 3.63) is 53.9 Å². The molecule has 0 aliphatic carbocycles. The minimum atomic E-state index is -4.67. The summed E-state index contributed by atoms with van der Waals surface area (Å²) in [6.07, 6.45) is -3.96. The molecule has 0 amide bonds. The highest BCUT2D eigenvalue weighted by Crippen LogP contribution is 2.38. The molecule has 0 aliphatic rings. The molecule has 0 saturated carbocycles. The summed E-state index contributed by atoms with van der Waals surface area (Å²) >= 11 is 0. The fraction of sp³-hybridized carbons (Fsp3) is 0.143. The molecule has 0 fully saturated rings. The second-order valence-corrected chi connectivity index (χ2v) is 4.28. The van der Waals surface area contributed by atoms with Gasteiger partial charge in [0.05, 0.1) is 5.56 Å². The van der Waals surface area contributed by atoms with E-state index < -0.39 is 23.8 Å². The van der Waals surface area contributed by atoms with Crippen LogP contribution in [0.4, 0.5) is 13.2 Å². The summed E-state index contributed by atoms with van der Waals surface area (Å²) in [7, 11) is 0. The predicted octanol–water partition coefficient (Wildman–Crippen LogP) is 2.89. The second-order valence-electron chi connectivity index (χ2n) is 4.28. The number of halogens is 3. The van der Waals surface area contributed by atoms with Crippen LogP contribution in [0, 0.1) is 0 Å². The highest BCUT2D eigenvalue weighted by Gasteiger charge is 2.35. The summed E-state index contributed by atoms with van der Waals surface area (Å²) in [5.41, 5.74) is -1.14. The molecule has 2 N–H and O–H groups in total. The van der Waals surface area contributed by atoms with E-state index >= 15 is 0 Å². The van der Waals surface area contributed by atoms with E-state index in [9.17, 15) is 23.1 Å². The number of hydrogen-bond acceptors (Lipinski definition) is 3. The Kier molecular flexibility index (Phi) is 3.95. The Labute approximate surface area is 117 Å². The maximum absolute atomic E-state index is 13.1. The molecule has 1 aromatic heterocycles. The van der Waals surface area contributed by atoms with Crippen molar-refractivity contribution in [1.82, 2.24) is 4.98 Å². The van der Waals surface area contributed by atoms with Crippen molar-refractivity contribution in [2.24, 2.45) is 0 Å². The van der Waals surface area contributed by atoms with Crippen LogP contribution >= 0.6 is 0 Å². The standard InChI is InChI=1S/C14H10F3NO3/c15-14(16,17)11-7-9(12(19)13(20)21)1-2-10(11)8-3-5-18-6-4-8/h1-7,12,19H,(H,20,21). The molecule has 0 spiro atoms. The number of pyridine rings is 1. The molecule has 1 heterocycles. The first-order chi connectivity index (χ1) is 9.80. The fourth-order valence-electron chi connectivity index (χ4n) is 1.89. The van der Waals surface area contributed by atoms with Gasteiger partial charge in [-0.2, -0.15) is 13.2 Å². The zero-order chi connectivity index (χ0) is 15.6. The maximum atomic E-state index is 13.1. The van der Waals surface area contributed by atoms with Crippen molar-refractivity contribution in [2.45, 2.75) is 12.3 Å². The van der Waals surface area contributed by atoms with Gasteiger partial charge in [-0.3, -0.25) is 4.98 Å². The first kappa shape index (κ1) is 15.0. The Hall–Kier alpha value is -2.41. The molecular formula is C14H10F3NO3. The number of nitrogens with zero attached hydrogens (tertiary/aromatic N) is 1. The number of alkyl halides is 3. The van der Waals surface area contributed by atoms with E-state index in [1.807, 2.05) is 0 Å². The molecule has 2 rings (SSSR count). The van der Waals surface area contributed by atoms with Crippen LogP contribution in [0.25, 0.3) is 11.1 Å². The quantitative estimate of drug-likeness (QED) is 0.914. The van der Waals surface area contributed by atoms with Crippen molar-refractivity contribution >= 4 is 5.97 Å². The van der Waals surface area contributed by atoms with Crippen LogP contribution in [-0.2, 0) is 11.0 Å². The SMILES string of the molecule is O=C(O)C(O)c1ccc(-c2ccncc2)c(C(F)(F)F)c1. The third-order valence-corrected chi connectivity index (χ3v) is 2.89. The second kappa shape index (κ2) is 5.53. The number of rotatable bonds is 3. The Balaban J connectivity index is 2.60. The third-order valence-electron chi connectivity index (χ3n) is 2.89. The predicted molar refractivity (Wildman–Crippen MR) is 67.3 cm³/mol. The zero-order valence-electron chi connectivity index (χ0n) is 10.5. The summed E-state index contributed by atoms with van der Waals surface area (Å²) in [5.74, 6) is -1.61. The summed E-state index contributed by atoms with van der Waals surface area (Å²) in [6, 6.07) is 5.77. The molecular weight excluding hydrogens is 287 g/mol. The van der Waals surface area contributed by atoms with Crippen LogP contribution in [0.1, 0.15) is 17.2 Å². The molecule has 0 radical (unpaired) electrons. The van der Waals surface area contributed by atoms with E-state index in [4.69, 9.17) is 5.11 Å². The topological polar surface area (TPSA) is 70.4 Å². The molecule has 1 unspecified atom stereocenters. The van der Waals surface area contributed by atoms with Gasteiger partial charge in [0, 0.05) is 12.4 Å². The van der Waals surface area contributed by atoms with Crippen LogP contribution in [-0.4, -0.2) is 21.2 Å². The van der Waals surface area contributed by atoms with Gasteiger partial charge < -0.3 is 10.2 Å². The number of hydrogen-bond donors (Lipinski definition) is 2. The monoisotopic (exact) mass is 297 g/mol. The number of aromatic nitrogens is 1. The molecule has 1 aromatic carbocycles. The van der Waals surface area contributed by atoms with Crippen LogP contribution < -0.4 is 0 Å². The van der Waals surface area contributed by atoms with Gasteiger partial charge >= 0.3 is 12.1 Å². The van der Waals surface area contributed by atoms with Gasteiger partial charge in [0.2, 0.25) is 0 Å². The molecule has 21 heavy (non-hydrogen) atoms. The molecule has 2 aromatic rings. The summed E-state index contributed by atoms with van der Waals surface area (Å²) in [4.78, 5) is 14.4. The average Bonchev–Trinajstić information content (AvgIpc) is 2.45. The number of carboxylic acids is 1. The first-order valence-corrected chi connectivity index (χ1v) is 5.83. The van der Waals surface area contributed by atoms with Crippen molar-refractivity contribution in [3.8, 4) is 11.1 Å². The number of aliphatic carboxylic acids is 1. The summed E-state index contributed by atoms with van der Waals surface area (Å²) in [6.45, 7) is 0. The lowest BCUT2D eigenvalue weighted by Gasteiger charge is -2.15. The Morgan fingerprint density at radius 2 is 1.76 bits per heavy atom. The number of carbonyl (C=O) groups is 1. The molecule has 1 atom stereocenters. The molecule has 0 bridgehead atoms. The molecule has 0 aliphatic heterocycles. The van der Waals surface area contributed by atoms with Crippen molar-refractivity contribution in [3.63, 3.8) is 0 Å². The van der Waals surface area contributed by atoms with E-state index in [-0.39, 0.29) is 11.1 Å². The van der Waals surface area contributed by atoms with Crippen molar-refractivity contribution < 1.29 is 28.2 Å². The molecule has 0 saturated heterocycles. The molecule has 7 heteroatoms. The fourth-order valence-corrected chi connectivity index (χ4v) is 1.89. The zero-order valence-corrected chi connectivity index (χ0v) is 10.5. The van der Waals surface area contributed by atoms with Gasteiger partial charge in [-0.25, -0.2) is 4.79 Å². The van der Waals surface area contributed by atoms with E-state index in [0.717, 1.165) is 12.1 Å². The highest BCUT2D eigenvalue weighted by molar-refractivity contribution is 5.75. The van der Waals surface area contributed by atoms with Gasteiger partial charge in [0.25, 0.3) is 0 Å². The lowest BCUT2D eigenvalue weighted by Crippen LogP contribution is -2.13. The lowest BCUT2D eigenvalue weighted by atomic mass is 9.96. The molecule has 110 valence electrons. The van der Waals surface area contributed by atoms with Gasteiger partial charge in [-0.05, 0) is 34.9 Å². The lowest BCUT2D eigenvalue weighted by molar-refractivity contribution is -0.147. The van der Waals surface area contributed by atoms with Gasteiger partial charge in [0.15, 0.2) is 6.10 Å². The van der Waals surface area contributed by atoms with Crippen LogP contribution in [0.15, 0.2) is 42.7 Å². The number of aliphatic hydroxyl groups is 1. The third kappa shape index (κ3) is 3.19. The van der Waals surface area contributed by atoms with Crippen LogP contribution in [0.3, 0.4) is 0 Å². The molecule has 4 nitrogen and oxygen atoms in total. The Bertz CT molecular complexity index is 656. The smallest absolute Gasteiger partial charge is 0.417 e.